The van der Waals surface area contributed by atoms with Crippen molar-refractivity contribution in [3.05, 3.63) is 34.1 Å². The molecule has 1 saturated carbocycles. The first kappa shape index (κ1) is 9.91. The molecule has 0 saturated heterocycles. The Hall–Kier alpha value is -1.63. The van der Waals surface area contributed by atoms with Crippen molar-refractivity contribution in [3.8, 4) is 0 Å². The van der Waals surface area contributed by atoms with Crippen LogP contribution in [0.15, 0.2) is 18.3 Å². The number of aromatic nitrogens is 1. The van der Waals surface area contributed by atoms with E-state index in [2.05, 4.69) is 4.98 Å². The molecule has 0 bridgehead atoms. The number of nitrogens with two attached hydrogens (primary N) is 1. The Kier molecular flexibility index (Phi) is 1.78. The second kappa shape index (κ2) is 2.69. The van der Waals surface area contributed by atoms with Crippen LogP contribution in [0.1, 0.15) is 12.1 Å². The number of alkyl halides is 2. The maximum absolute atomic E-state index is 12.8. The zero-order valence-electron chi connectivity index (χ0n) is 7.48. The second-order valence-corrected chi connectivity index (χ2v) is 3.51. The number of rotatable bonds is 2. The van der Waals surface area contributed by atoms with Crippen LogP contribution in [0.3, 0.4) is 0 Å². The molecule has 1 aliphatic rings. The molecule has 80 valence electrons. The predicted molar refractivity (Wildman–Crippen MR) is 46.3 cm³/mol. The number of pyridine rings is 1. The van der Waals surface area contributed by atoms with Crippen molar-refractivity contribution in [3.63, 3.8) is 0 Å². The van der Waals surface area contributed by atoms with E-state index in [1.165, 1.54) is 6.07 Å². The normalized spacial score (nSPS) is 27.4. The number of nitro groups is 1. The van der Waals surface area contributed by atoms with E-state index in [1.807, 2.05) is 0 Å². The lowest BCUT2D eigenvalue weighted by Gasteiger charge is -2.08. The van der Waals surface area contributed by atoms with Gasteiger partial charge in [-0.3, -0.25) is 15.1 Å². The molecule has 0 radical (unpaired) electrons. The first-order valence-electron chi connectivity index (χ1n) is 4.14. The summed E-state index contributed by atoms with van der Waals surface area (Å²) in [5.41, 5.74) is 3.38. The smallest absolute Gasteiger partial charge is 0.287 e. The molecular weight excluding hydrogens is 208 g/mol. The Bertz CT molecular complexity index is 420. The van der Waals surface area contributed by atoms with Gasteiger partial charge in [-0.15, -0.1) is 0 Å². The third-order valence-corrected chi connectivity index (χ3v) is 2.44. The van der Waals surface area contributed by atoms with Gasteiger partial charge in [0.15, 0.2) is 0 Å². The molecule has 1 atom stereocenters. The van der Waals surface area contributed by atoms with Crippen LogP contribution in [-0.2, 0) is 5.54 Å². The fourth-order valence-corrected chi connectivity index (χ4v) is 1.34. The third-order valence-electron chi connectivity index (χ3n) is 2.44. The Morgan fingerprint density at radius 3 is 2.47 bits per heavy atom. The zero-order valence-corrected chi connectivity index (χ0v) is 7.48. The summed E-state index contributed by atoms with van der Waals surface area (Å²) in [5.74, 6) is -2.96. The molecule has 0 aromatic carbocycles. The number of hydrogen-bond acceptors (Lipinski definition) is 4. The van der Waals surface area contributed by atoms with Gasteiger partial charge >= 0.3 is 0 Å². The lowest BCUT2D eigenvalue weighted by Crippen LogP contribution is -2.28. The lowest BCUT2D eigenvalue weighted by atomic mass is 10.1. The Labute approximate surface area is 83.1 Å². The van der Waals surface area contributed by atoms with Crippen LogP contribution >= 0.6 is 0 Å². The van der Waals surface area contributed by atoms with Gasteiger partial charge in [0.2, 0.25) is 0 Å². The fraction of sp³-hybridized carbons (Fsp3) is 0.375. The van der Waals surface area contributed by atoms with Gasteiger partial charge in [0, 0.05) is 12.5 Å². The average Bonchev–Trinajstić information content (AvgIpc) is 2.67. The summed E-state index contributed by atoms with van der Waals surface area (Å²) in [4.78, 5) is 13.2. The number of hydrogen-bond donors (Lipinski definition) is 1. The van der Waals surface area contributed by atoms with Crippen LogP contribution in [0.4, 0.5) is 14.5 Å². The van der Waals surface area contributed by atoms with Crippen molar-refractivity contribution in [2.45, 2.75) is 17.9 Å². The maximum Gasteiger partial charge on any atom is 0.287 e. The van der Waals surface area contributed by atoms with E-state index in [4.69, 9.17) is 5.73 Å². The van der Waals surface area contributed by atoms with E-state index < -0.39 is 22.8 Å². The van der Waals surface area contributed by atoms with Crippen LogP contribution in [0.5, 0.6) is 0 Å². The van der Waals surface area contributed by atoms with Crippen LogP contribution < -0.4 is 5.73 Å². The third kappa shape index (κ3) is 1.35. The molecule has 1 aromatic heterocycles. The van der Waals surface area contributed by atoms with Crippen molar-refractivity contribution in [2.75, 3.05) is 0 Å². The molecule has 1 aliphatic carbocycles. The van der Waals surface area contributed by atoms with Gasteiger partial charge in [-0.25, -0.2) is 8.78 Å². The van der Waals surface area contributed by atoms with Crippen molar-refractivity contribution in [1.82, 2.24) is 4.98 Å². The van der Waals surface area contributed by atoms with Crippen molar-refractivity contribution in [2.24, 2.45) is 5.73 Å². The molecule has 7 heteroatoms. The summed E-state index contributed by atoms with van der Waals surface area (Å²) >= 11 is 0. The van der Waals surface area contributed by atoms with Gasteiger partial charge in [-0.2, -0.15) is 0 Å². The molecule has 15 heavy (non-hydrogen) atoms. The lowest BCUT2D eigenvalue weighted by molar-refractivity contribution is -0.385. The summed E-state index contributed by atoms with van der Waals surface area (Å²) in [6, 6.07) is 2.28. The molecule has 1 heterocycles. The molecule has 1 unspecified atom stereocenters. The molecule has 0 spiro atoms. The van der Waals surface area contributed by atoms with Gasteiger partial charge in [-0.05, 0) is 6.07 Å². The summed E-state index contributed by atoms with van der Waals surface area (Å²) in [7, 11) is 0. The van der Waals surface area contributed by atoms with Gasteiger partial charge in [0.25, 0.3) is 11.6 Å². The second-order valence-electron chi connectivity index (χ2n) is 3.51. The van der Waals surface area contributed by atoms with E-state index in [9.17, 15) is 18.9 Å². The molecular formula is C8H7F2N3O2. The van der Waals surface area contributed by atoms with Crippen LogP contribution in [-0.4, -0.2) is 15.8 Å². The molecule has 2 N–H and O–H groups in total. The van der Waals surface area contributed by atoms with E-state index in [1.54, 1.807) is 0 Å². The van der Waals surface area contributed by atoms with E-state index >= 15 is 0 Å². The summed E-state index contributed by atoms with van der Waals surface area (Å²) in [6.07, 6.45) is 0.461. The van der Waals surface area contributed by atoms with E-state index in [-0.39, 0.29) is 11.4 Å². The number of halogens is 2. The Morgan fingerprint density at radius 1 is 1.53 bits per heavy atom. The highest BCUT2D eigenvalue weighted by molar-refractivity contribution is 5.35. The van der Waals surface area contributed by atoms with Crippen molar-refractivity contribution < 1.29 is 13.7 Å². The topological polar surface area (TPSA) is 82.0 Å². The van der Waals surface area contributed by atoms with Crippen LogP contribution in [0, 0.1) is 10.1 Å². The minimum Gasteiger partial charge on any atom is -0.315 e. The van der Waals surface area contributed by atoms with Gasteiger partial charge < -0.3 is 5.73 Å². The van der Waals surface area contributed by atoms with Crippen LogP contribution in [0.2, 0.25) is 0 Å². The van der Waals surface area contributed by atoms with Gasteiger partial charge in [0.05, 0.1) is 10.6 Å². The maximum atomic E-state index is 12.8. The average molecular weight is 215 g/mol. The van der Waals surface area contributed by atoms with E-state index in [0.29, 0.717) is 0 Å². The first-order chi connectivity index (χ1) is 6.87. The van der Waals surface area contributed by atoms with E-state index in [0.717, 1.165) is 12.3 Å². The monoisotopic (exact) mass is 215 g/mol. The predicted octanol–water partition coefficient (Wildman–Crippen LogP) is 1.18. The highest BCUT2D eigenvalue weighted by Gasteiger charge is 2.71. The molecule has 1 fully saturated rings. The van der Waals surface area contributed by atoms with Crippen molar-refractivity contribution in [1.29, 1.82) is 0 Å². The SMILES string of the molecule is NC1(c2ccc([N+](=O)[O-])cn2)CC1(F)F. The molecule has 1 aromatic rings. The van der Waals surface area contributed by atoms with Crippen molar-refractivity contribution >= 4 is 5.69 Å². The standard InChI is InChI=1S/C8H7F2N3O2/c9-8(10)4-7(8,11)6-2-1-5(3-12-6)13(14)15/h1-3H,4,11H2. The Balaban J connectivity index is 2.30. The quantitative estimate of drug-likeness (QED) is 0.593. The molecule has 0 amide bonds. The molecule has 0 aliphatic heterocycles. The highest BCUT2D eigenvalue weighted by Crippen LogP contribution is 2.56. The van der Waals surface area contributed by atoms with Gasteiger partial charge in [-0.1, -0.05) is 0 Å². The Morgan fingerprint density at radius 2 is 2.13 bits per heavy atom. The fourth-order valence-electron chi connectivity index (χ4n) is 1.34. The van der Waals surface area contributed by atoms with Crippen LogP contribution in [0.25, 0.3) is 0 Å². The summed E-state index contributed by atoms with van der Waals surface area (Å²) < 4.78 is 25.7. The number of nitrogens with zero attached hydrogens (tertiary/aromatic N) is 2. The highest BCUT2D eigenvalue weighted by atomic mass is 19.3. The first-order valence-corrected chi connectivity index (χ1v) is 4.14. The molecule has 2 rings (SSSR count). The summed E-state index contributed by atoms with van der Waals surface area (Å²) in [5, 5.41) is 10.3. The minimum atomic E-state index is -2.96. The largest absolute Gasteiger partial charge is 0.315 e. The molecule has 5 nitrogen and oxygen atoms in total. The zero-order chi connectivity index (χ0) is 11.3. The summed E-state index contributed by atoms with van der Waals surface area (Å²) in [6.45, 7) is 0. The van der Waals surface area contributed by atoms with Gasteiger partial charge in [0.1, 0.15) is 11.7 Å². The minimum absolute atomic E-state index is 0.0156.